The summed E-state index contributed by atoms with van der Waals surface area (Å²) >= 11 is 10.9. The van der Waals surface area contributed by atoms with Crippen molar-refractivity contribution in [2.75, 3.05) is 34.5 Å². The molecule has 0 saturated carbocycles. The summed E-state index contributed by atoms with van der Waals surface area (Å²) in [6.07, 6.45) is 0. The second kappa shape index (κ2) is 7.45. The van der Waals surface area contributed by atoms with Crippen LogP contribution in [0.1, 0.15) is 0 Å². The molecule has 4 unspecified atom stereocenters. The number of hydrogen-bond acceptors (Lipinski definition) is 4. The van der Waals surface area contributed by atoms with Crippen LogP contribution >= 0.6 is 47.0 Å². The maximum atomic E-state index is 2.27. The molecule has 0 radical (unpaired) electrons. The van der Waals surface area contributed by atoms with Crippen LogP contribution in [0.25, 0.3) is 0 Å². The standard InChI is InChI=1S/C11H18S4Se2/c1(8-3-14-8)12-5-10-11(17-7-16-10)6-13-2-9-4-15-9/h8-11H,1-7H2. The molecule has 3 saturated heterocycles. The van der Waals surface area contributed by atoms with Crippen molar-refractivity contribution in [1.82, 2.24) is 0 Å². The Hall–Kier alpha value is 2.44. The van der Waals surface area contributed by atoms with Crippen LogP contribution in [0.15, 0.2) is 0 Å². The van der Waals surface area contributed by atoms with Crippen LogP contribution in [0.2, 0.25) is 13.9 Å². The Morgan fingerprint density at radius 3 is 1.71 bits per heavy atom. The Bertz CT molecular complexity index is 222. The van der Waals surface area contributed by atoms with Gasteiger partial charge in [-0.05, 0) is 0 Å². The van der Waals surface area contributed by atoms with Crippen LogP contribution in [-0.2, 0) is 0 Å². The molecule has 3 fully saturated rings. The zero-order chi connectivity index (χ0) is 11.5. The zero-order valence-corrected chi connectivity index (χ0v) is 16.4. The van der Waals surface area contributed by atoms with Gasteiger partial charge >= 0.3 is 136 Å². The van der Waals surface area contributed by atoms with E-state index in [9.17, 15) is 0 Å². The molecule has 0 bridgehead atoms. The van der Waals surface area contributed by atoms with E-state index in [-0.39, 0.29) is 0 Å². The second-order valence-corrected chi connectivity index (χ2v) is 16.3. The summed E-state index contributed by atoms with van der Waals surface area (Å²) in [6, 6.07) is 0. The molecule has 6 heteroatoms. The average Bonchev–Trinajstić information content (AvgIpc) is 3.22. The van der Waals surface area contributed by atoms with Gasteiger partial charge in [-0.3, -0.25) is 0 Å². The van der Waals surface area contributed by atoms with E-state index in [1.54, 1.807) is 4.22 Å². The molecule has 98 valence electrons. The molecule has 17 heavy (non-hydrogen) atoms. The summed E-state index contributed by atoms with van der Waals surface area (Å²) in [6.45, 7) is 0. The molecule has 0 aromatic rings. The summed E-state index contributed by atoms with van der Waals surface area (Å²) in [7, 11) is 0. The fourth-order valence-corrected chi connectivity index (χ4v) is 17.6. The van der Waals surface area contributed by atoms with E-state index in [1.165, 1.54) is 34.5 Å². The van der Waals surface area contributed by atoms with Crippen molar-refractivity contribution in [3.05, 3.63) is 0 Å². The Kier molecular flexibility index (Phi) is 6.30. The monoisotopic (exact) mass is 438 g/mol. The fraction of sp³-hybridized carbons (Fsp3) is 1.00. The second-order valence-electron chi connectivity index (χ2n) is 4.51. The molecule has 0 nitrogen and oxygen atoms in total. The van der Waals surface area contributed by atoms with Gasteiger partial charge in [0.2, 0.25) is 0 Å². The first-order valence-electron chi connectivity index (χ1n) is 6.04. The predicted octanol–water partition coefficient (Wildman–Crippen LogP) is 3.06. The van der Waals surface area contributed by atoms with Crippen molar-refractivity contribution >= 4 is 77.0 Å². The van der Waals surface area contributed by atoms with Crippen LogP contribution in [-0.4, -0.2) is 74.9 Å². The van der Waals surface area contributed by atoms with Gasteiger partial charge in [0.05, 0.1) is 0 Å². The van der Waals surface area contributed by atoms with Crippen LogP contribution in [0, 0.1) is 0 Å². The molecule has 0 N–H and O–H groups in total. The third-order valence-corrected chi connectivity index (χ3v) is 17.0. The van der Waals surface area contributed by atoms with Gasteiger partial charge in [0.1, 0.15) is 0 Å². The summed E-state index contributed by atoms with van der Waals surface area (Å²) in [5.74, 6) is 8.80. The molecule has 4 atom stereocenters. The third kappa shape index (κ3) is 5.38. The molecule has 0 aromatic carbocycles. The van der Waals surface area contributed by atoms with E-state index in [4.69, 9.17) is 0 Å². The van der Waals surface area contributed by atoms with Crippen molar-refractivity contribution < 1.29 is 0 Å². The number of thioether (sulfide) groups is 4. The molecular formula is C11H18S4Se2. The quantitative estimate of drug-likeness (QED) is 0.424. The van der Waals surface area contributed by atoms with E-state index in [0.29, 0.717) is 0 Å². The first-order valence-corrected chi connectivity index (χ1v) is 14.8. The minimum absolute atomic E-state index is 1.00. The van der Waals surface area contributed by atoms with Crippen molar-refractivity contribution in [3.63, 3.8) is 0 Å². The van der Waals surface area contributed by atoms with Crippen LogP contribution < -0.4 is 0 Å². The summed E-state index contributed by atoms with van der Waals surface area (Å²) < 4.78 is 1.63. The van der Waals surface area contributed by atoms with Crippen LogP contribution in [0.3, 0.4) is 0 Å². The normalized spacial score (nSPS) is 39.5. The first-order chi connectivity index (χ1) is 8.42. The molecule has 3 aliphatic rings. The van der Waals surface area contributed by atoms with Gasteiger partial charge in [0.15, 0.2) is 0 Å². The molecule has 0 aromatic heterocycles. The molecule has 0 aliphatic carbocycles. The maximum absolute atomic E-state index is 2.27. The minimum atomic E-state index is 1.00. The Labute approximate surface area is 134 Å². The first kappa shape index (κ1) is 14.4. The van der Waals surface area contributed by atoms with Gasteiger partial charge in [-0.25, -0.2) is 0 Å². The van der Waals surface area contributed by atoms with E-state index in [0.717, 1.165) is 50.0 Å². The number of hydrogen-bond donors (Lipinski definition) is 0. The SMILES string of the molecule is C1[Se]C(CSCC2CS2)C(CSCC2CS2)[Se]1. The zero-order valence-electron chi connectivity index (χ0n) is 9.71. The molecule has 0 spiro atoms. The summed E-state index contributed by atoms with van der Waals surface area (Å²) in [5.41, 5.74) is 0. The topological polar surface area (TPSA) is 0 Å². The summed E-state index contributed by atoms with van der Waals surface area (Å²) in [4.78, 5) is 2.30. The molecule has 0 amide bonds. The Morgan fingerprint density at radius 1 is 0.824 bits per heavy atom. The Balaban J connectivity index is 1.30. The molecule has 3 rings (SSSR count). The van der Waals surface area contributed by atoms with Gasteiger partial charge in [-0.15, -0.1) is 0 Å². The molecular weight excluding hydrogens is 418 g/mol. The van der Waals surface area contributed by atoms with E-state index >= 15 is 0 Å². The van der Waals surface area contributed by atoms with Gasteiger partial charge in [0, 0.05) is 0 Å². The predicted molar refractivity (Wildman–Crippen MR) is 91.0 cm³/mol. The number of rotatable bonds is 8. The average molecular weight is 436 g/mol. The van der Waals surface area contributed by atoms with E-state index in [2.05, 4.69) is 47.0 Å². The van der Waals surface area contributed by atoms with Gasteiger partial charge in [-0.1, -0.05) is 0 Å². The van der Waals surface area contributed by atoms with Crippen molar-refractivity contribution in [1.29, 1.82) is 0 Å². The molecule has 3 aliphatic heterocycles. The van der Waals surface area contributed by atoms with Crippen LogP contribution in [0.5, 0.6) is 0 Å². The van der Waals surface area contributed by atoms with E-state index < -0.39 is 0 Å². The van der Waals surface area contributed by atoms with Gasteiger partial charge < -0.3 is 0 Å². The van der Waals surface area contributed by atoms with Crippen molar-refractivity contribution in [3.8, 4) is 0 Å². The Morgan fingerprint density at radius 2 is 1.29 bits per heavy atom. The van der Waals surface area contributed by atoms with E-state index in [1.807, 2.05) is 0 Å². The van der Waals surface area contributed by atoms with Crippen LogP contribution in [0.4, 0.5) is 0 Å². The third-order valence-electron chi connectivity index (χ3n) is 2.96. The van der Waals surface area contributed by atoms with Crippen molar-refractivity contribution in [2.24, 2.45) is 0 Å². The molecule has 3 heterocycles. The van der Waals surface area contributed by atoms with Gasteiger partial charge in [-0.2, -0.15) is 0 Å². The fourth-order valence-electron chi connectivity index (χ4n) is 1.70. The van der Waals surface area contributed by atoms with Crippen molar-refractivity contribution in [2.45, 2.75) is 24.4 Å². The summed E-state index contributed by atoms with van der Waals surface area (Å²) in [5, 5.41) is 2.08. The van der Waals surface area contributed by atoms with Gasteiger partial charge in [0.25, 0.3) is 0 Å².